The van der Waals surface area contributed by atoms with Crippen LogP contribution in [0.1, 0.15) is 23.7 Å². The molecule has 0 saturated heterocycles. The number of carbonyl (C=O) groups is 1. The Morgan fingerprint density at radius 1 is 1.19 bits per heavy atom. The lowest BCUT2D eigenvalue weighted by atomic mass is 10.0. The Hall–Kier alpha value is -1.11. The molecule has 0 aliphatic rings. The quantitative estimate of drug-likeness (QED) is 0.680. The lowest BCUT2D eigenvalue weighted by Crippen LogP contribution is -2.44. The van der Waals surface area contributed by atoms with E-state index in [0.717, 1.165) is 0 Å². The van der Waals surface area contributed by atoms with Crippen molar-refractivity contribution < 1.29 is 26.7 Å². The van der Waals surface area contributed by atoms with E-state index in [1.54, 1.807) is 30.3 Å². The molecule has 0 fully saturated rings. The van der Waals surface area contributed by atoms with Crippen molar-refractivity contribution in [1.82, 2.24) is 0 Å². The van der Waals surface area contributed by atoms with Gasteiger partial charge in [0.05, 0.1) is 0 Å². The normalized spacial score (nSPS) is 16.3. The van der Waals surface area contributed by atoms with Crippen LogP contribution in [0.3, 0.4) is 0 Å². The van der Waals surface area contributed by atoms with Crippen LogP contribution in [0.15, 0.2) is 30.3 Å². The van der Waals surface area contributed by atoms with Crippen molar-refractivity contribution in [1.29, 1.82) is 0 Å². The van der Waals surface area contributed by atoms with Crippen molar-refractivity contribution in [2.75, 3.05) is 5.75 Å². The third kappa shape index (κ3) is 4.98. The highest BCUT2D eigenvalue weighted by atomic mass is 32.2. The molecule has 118 valence electrons. The zero-order chi connectivity index (χ0) is 16.0. The highest BCUT2D eigenvalue weighted by Crippen LogP contribution is 2.33. The SMILES string of the molecule is CC(F)C(F)C(F)(F)C(F)CCSC(=O)c1ccccc1. The fourth-order valence-electron chi connectivity index (χ4n) is 1.58. The van der Waals surface area contributed by atoms with Crippen molar-refractivity contribution in [2.45, 2.75) is 37.8 Å². The van der Waals surface area contributed by atoms with E-state index in [2.05, 4.69) is 0 Å². The summed E-state index contributed by atoms with van der Waals surface area (Å²) in [6.07, 6.45) is -9.22. The minimum absolute atomic E-state index is 0.238. The van der Waals surface area contributed by atoms with Gasteiger partial charge in [0.25, 0.3) is 0 Å². The first-order valence-electron chi connectivity index (χ1n) is 6.29. The van der Waals surface area contributed by atoms with Crippen LogP contribution in [0.2, 0.25) is 0 Å². The van der Waals surface area contributed by atoms with Gasteiger partial charge in [-0.25, -0.2) is 22.0 Å². The van der Waals surface area contributed by atoms with Gasteiger partial charge in [0.1, 0.15) is 6.17 Å². The first kappa shape index (κ1) is 17.9. The van der Waals surface area contributed by atoms with Crippen molar-refractivity contribution in [3.63, 3.8) is 0 Å². The van der Waals surface area contributed by atoms with E-state index in [1.807, 2.05) is 0 Å². The van der Waals surface area contributed by atoms with Crippen LogP contribution in [0.25, 0.3) is 0 Å². The number of hydrogen-bond donors (Lipinski definition) is 0. The van der Waals surface area contributed by atoms with Gasteiger partial charge in [0, 0.05) is 11.3 Å². The summed E-state index contributed by atoms with van der Waals surface area (Å²) in [5.41, 5.74) is 0.366. The molecule has 0 spiro atoms. The van der Waals surface area contributed by atoms with Gasteiger partial charge in [-0.2, -0.15) is 0 Å². The number of thioether (sulfide) groups is 1. The monoisotopic (exact) mass is 326 g/mol. The van der Waals surface area contributed by atoms with Crippen molar-refractivity contribution in [3.05, 3.63) is 35.9 Å². The van der Waals surface area contributed by atoms with E-state index >= 15 is 0 Å². The zero-order valence-corrected chi connectivity index (χ0v) is 12.1. The molecule has 3 atom stereocenters. The van der Waals surface area contributed by atoms with Crippen LogP contribution < -0.4 is 0 Å². The molecule has 0 N–H and O–H groups in total. The molecule has 0 aliphatic carbocycles. The van der Waals surface area contributed by atoms with E-state index in [1.165, 1.54) is 0 Å². The summed E-state index contributed by atoms with van der Waals surface area (Å²) in [6, 6.07) is 8.06. The molecule has 21 heavy (non-hydrogen) atoms. The number of hydrogen-bond acceptors (Lipinski definition) is 2. The molecule has 0 amide bonds. The Morgan fingerprint density at radius 3 is 2.29 bits per heavy atom. The minimum Gasteiger partial charge on any atom is -0.282 e. The van der Waals surface area contributed by atoms with E-state index in [4.69, 9.17) is 0 Å². The molecular formula is C14H15F5OS. The lowest BCUT2D eigenvalue weighted by molar-refractivity contribution is -0.144. The molecule has 0 saturated carbocycles. The van der Waals surface area contributed by atoms with E-state index in [9.17, 15) is 26.7 Å². The second-order valence-electron chi connectivity index (χ2n) is 4.51. The highest BCUT2D eigenvalue weighted by Gasteiger charge is 2.50. The van der Waals surface area contributed by atoms with E-state index in [-0.39, 0.29) is 10.9 Å². The van der Waals surface area contributed by atoms with Gasteiger partial charge < -0.3 is 0 Å². The van der Waals surface area contributed by atoms with E-state index in [0.29, 0.717) is 24.2 Å². The summed E-state index contributed by atoms with van der Waals surface area (Å²) in [5.74, 6) is -4.64. The maximum atomic E-state index is 13.4. The van der Waals surface area contributed by atoms with Gasteiger partial charge in [-0.1, -0.05) is 42.1 Å². The molecule has 1 nitrogen and oxygen atoms in total. The van der Waals surface area contributed by atoms with Crippen LogP contribution in [0.4, 0.5) is 22.0 Å². The van der Waals surface area contributed by atoms with Crippen LogP contribution in [-0.2, 0) is 0 Å². The van der Waals surface area contributed by atoms with Crippen molar-refractivity contribution in [3.8, 4) is 0 Å². The molecule has 0 radical (unpaired) electrons. The summed E-state index contributed by atoms with van der Waals surface area (Å²) in [5, 5.41) is -0.387. The van der Waals surface area contributed by atoms with Gasteiger partial charge in [-0.05, 0) is 13.3 Å². The standard InChI is InChI=1S/C14H15F5OS/c1-9(15)12(17)14(18,19)11(16)7-8-21-13(20)10-5-3-2-4-6-10/h2-6,9,11-12H,7-8H2,1H3. The zero-order valence-electron chi connectivity index (χ0n) is 11.2. The third-order valence-electron chi connectivity index (χ3n) is 2.80. The summed E-state index contributed by atoms with van der Waals surface area (Å²) in [6.45, 7) is 0.610. The van der Waals surface area contributed by atoms with E-state index < -0.39 is 30.9 Å². The van der Waals surface area contributed by atoms with Crippen LogP contribution in [0.5, 0.6) is 0 Å². The molecule has 3 unspecified atom stereocenters. The topological polar surface area (TPSA) is 17.1 Å². The Balaban J connectivity index is 2.47. The van der Waals surface area contributed by atoms with Gasteiger partial charge >= 0.3 is 5.92 Å². The number of carbonyl (C=O) groups excluding carboxylic acids is 1. The highest BCUT2D eigenvalue weighted by molar-refractivity contribution is 8.14. The molecule has 7 heteroatoms. The number of rotatable bonds is 7. The smallest absolute Gasteiger partial charge is 0.282 e. The van der Waals surface area contributed by atoms with Crippen LogP contribution in [-0.4, -0.2) is 35.3 Å². The Kier molecular flexibility index (Phi) is 6.64. The first-order valence-corrected chi connectivity index (χ1v) is 7.27. The molecule has 0 aromatic heterocycles. The van der Waals surface area contributed by atoms with Gasteiger partial charge in [0.15, 0.2) is 12.3 Å². The van der Waals surface area contributed by atoms with Crippen molar-refractivity contribution in [2.24, 2.45) is 0 Å². The van der Waals surface area contributed by atoms with Crippen LogP contribution >= 0.6 is 11.8 Å². The van der Waals surface area contributed by atoms with Gasteiger partial charge in [0.2, 0.25) is 5.12 Å². The van der Waals surface area contributed by atoms with Crippen LogP contribution in [0, 0.1) is 0 Å². The summed E-state index contributed by atoms with van der Waals surface area (Å²) < 4.78 is 65.3. The lowest BCUT2D eigenvalue weighted by Gasteiger charge is -2.24. The molecule has 0 aliphatic heterocycles. The Bertz CT molecular complexity index is 452. The number of alkyl halides is 5. The fraction of sp³-hybridized carbons (Fsp3) is 0.500. The largest absolute Gasteiger partial charge is 0.312 e. The molecule has 1 rings (SSSR count). The maximum absolute atomic E-state index is 13.4. The van der Waals surface area contributed by atoms with Crippen molar-refractivity contribution >= 4 is 16.9 Å². The second-order valence-corrected chi connectivity index (χ2v) is 5.58. The molecule has 1 aromatic carbocycles. The summed E-state index contributed by atoms with van der Waals surface area (Å²) >= 11 is 0.666. The predicted octanol–water partition coefficient (Wildman–Crippen LogP) is 4.62. The average Bonchev–Trinajstić information content (AvgIpc) is 2.46. The maximum Gasteiger partial charge on any atom is 0.312 e. The second kappa shape index (κ2) is 7.77. The number of benzene rings is 1. The minimum atomic E-state index is -4.40. The Morgan fingerprint density at radius 2 is 1.76 bits per heavy atom. The molecule has 0 heterocycles. The molecule has 1 aromatic rings. The first-order chi connectivity index (χ1) is 9.76. The summed E-state index contributed by atoms with van der Waals surface area (Å²) in [4.78, 5) is 11.6. The average molecular weight is 326 g/mol. The molecular weight excluding hydrogens is 311 g/mol. The van der Waals surface area contributed by atoms with Gasteiger partial charge in [-0.3, -0.25) is 4.79 Å². The summed E-state index contributed by atoms with van der Waals surface area (Å²) in [7, 11) is 0. The fourth-order valence-corrected chi connectivity index (χ4v) is 2.40. The molecule has 0 bridgehead atoms. The Labute approximate surface area is 123 Å². The van der Waals surface area contributed by atoms with Gasteiger partial charge in [-0.15, -0.1) is 0 Å². The third-order valence-corrected chi connectivity index (χ3v) is 3.74. The predicted molar refractivity (Wildman–Crippen MR) is 73.2 cm³/mol. The number of halogens is 5.